The molecule has 0 aliphatic heterocycles. The van der Waals surface area contributed by atoms with Crippen LogP contribution in [0.4, 0.5) is 0 Å². The van der Waals surface area contributed by atoms with Crippen molar-refractivity contribution in [2.24, 2.45) is 17.3 Å². The van der Waals surface area contributed by atoms with Gasteiger partial charge in [0.1, 0.15) is 0 Å². The average molecular weight is 108 g/mol. The van der Waals surface area contributed by atoms with E-state index in [1.807, 2.05) is 0 Å². The molecule has 44 valence electrons. The Labute approximate surface area is 50.3 Å². The Bertz CT molecular complexity index is 117. The van der Waals surface area contributed by atoms with Crippen molar-refractivity contribution in [2.75, 3.05) is 0 Å². The van der Waals surface area contributed by atoms with Crippen molar-refractivity contribution in [2.45, 2.75) is 32.1 Å². The molecule has 0 aromatic heterocycles. The van der Waals surface area contributed by atoms with Crippen LogP contribution in [-0.2, 0) is 0 Å². The first kappa shape index (κ1) is 3.92. The molecular weight excluding hydrogens is 96.1 g/mol. The third-order valence-corrected chi connectivity index (χ3v) is 3.89. The second-order valence-electron chi connectivity index (χ2n) is 3.94. The standard InChI is InChI=1S/C8H12/c1-2-7-5-6(1)8(7)3-4-8/h6-7H,1-5H2. The monoisotopic (exact) mass is 108 g/mol. The minimum Gasteiger partial charge on any atom is -0.0496 e. The van der Waals surface area contributed by atoms with Crippen LogP contribution in [0.3, 0.4) is 0 Å². The van der Waals surface area contributed by atoms with E-state index in [0.717, 1.165) is 5.41 Å². The SMILES string of the molecule is C1CC2CC1C21CC1. The van der Waals surface area contributed by atoms with Gasteiger partial charge in [-0.15, -0.1) is 0 Å². The molecule has 8 heavy (non-hydrogen) atoms. The van der Waals surface area contributed by atoms with Gasteiger partial charge < -0.3 is 0 Å². The van der Waals surface area contributed by atoms with Crippen LogP contribution < -0.4 is 0 Å². The maximum absolute atomic E-state index is 1.61. The molecule has 0 aromatic rings. The smallest absolute Gasteiger partial charge is 0.0240 e. The largest absolute Gasteiger partial charge is 0.0496 e. The molecular formula is C8H12. The van der Waals surface area contributed by atoms with E-state index in [2.05, 4.69) is 0 Å². The molecule has 2 bridgehead atoms. The lowest BCUT2D eigenvalue weighted by Gasteiger charge is -2.36. The molecule has 4 aliphatic rings. The van der Waals surface area contributed by atoms with Gasteiger partial charge in [0, 0.05) is 0 Å². The molecule has 0 N–H and O–H groups in total. The van der Waals surface area contributed by atoms with Gasteiger partial charge in [0.15, 0.2) is 0 Å². The first-order valence-electron chi connectivity index (χ1n) is 3.92. The Morgan fingerprint density at radius 1 is 1.00 bits per heavy atom. The van der Waals surface area contributed by atoms with Gasteiger partial charge in [0.25, 0.3) is 0 Å². The third-order valence-electron chi connectivity index (χ3n) is 3.89. The van der Waals surface area contributed by atoms with Crippen molar-refractivity contribution >= 4 is 0 Å². The summed E-state index contributed by atoms with van der Waals surface area (Å²) < 4.78 is 0. The van der Waals surface area contributed by atoms with Gasteiger partial charge in [-0.05, 0) is 49.4 Å². The highest BCUT2D eigenvalue weighted by Crippen LogP contribution is 2.74. The van der Waals surface area contributed by atoms with Crippen molar-refractivity contribution < 1.29 is 0 Å². The van der Waals surface area contributed by atoms with Crippen molar-refractivity contribution in [1.29, 1.82) is 0 Å². The second-order valence-corrected chi connectivity index (χ2v) is 3.94. The van der Waals surface area contributed by atoms with E-state index >= 15 is 0 Å². The number of hydrogen-bond donors (Lipinski definition) is 0. The van der Waals surface area contributed by atoms with E-state index < -0.39 is 0 Å². The normalized spacial score (nSPS) is 54.0. The van der Waals surface area contributed by atoms with Crippen LogP contribution >= 0.6 is 0 Å². The van der Waals surface area contributed by atoms with E-state index in [0.29, 0.717) is 0 Å². The molecule has 0 amide bonds. The molecule has 4 saturated carbocycles. The van der Waals surface area contributed by atoms with Gasteiger partial charge in [0.05, 0.1) is 0 Å². The van der Waals surface area contributed by atoms with E-state index in [1.165, 1.54) is 11.8 Å². The number of fused-ring (bicyclic) bond motifs is 1. The van der Waals surface area contributed by atoms with Crippen LogP contribution in [0.25, 0.3) is 0 Å². The van der Waals surface area contributed by atoms with Gasteiger partial charge in [-0.25, -0.2) is 0 Å². The lowest BCUT2D eigenvalue weighted by atomic mass is 9.69. The molecule has 2 unspecified atom stereocenters. The van der Waals surface area contributed by atoms with Crippen LogP contribution in [0, 0.1) is 17.3 Å². The summed E-state index contributed by atoms with van der Waals surface area (Å²) in [5.41, 5.74) is 1.00. The molecule has 0 aromatic carbocycles. The lowest BCUT2D eigenvalue weighted by molar-refractivity contribution is 0.129. The predicted molar refractivity (Wildman–Crippen MR) is 32.5 cm³/mol. The quantitative estimate of drug-likeness (QED) is 0.446. The summed E-state index contributed by atoms with van der Waals surface area (Å²) in [5.74, 6) is 2.43. The molecule has 0 nitrogen and oxygen atoms in total. The Balaban J connectivity index is 2.04. The lowest BCUT2D eigenvalue weighted by Crippen LogP contribution is -2.29. The maximum atomic E-state index is 1.61. The predicted octanol–water partition coefficient (Wildman–Crippen LogP) is 2.20. The summed E-state index contributed by atoms with van der Waals surface area (Å²) in [6.45, 7) is 0. The molecule has 4 aliphatic carbocycles. The molecule has 4 fully saturated rings. The number of rotatable bonds is 0. The first-order chi connectivity index (χ1) is 3.92. The molecule has 0 heterocycles. The zero-order chi connectivity index (χ0) is 5.19. The van der Waals surface area contributed by atoms with Crippen LogP contribution in [0.15, 0.2) is 0 Å². The Hall–Kier alpha value is 0. The third kappa shape index (κ3) is 0.222. The van der Waals surface area contributed by atoms with Crippen molar-refractivity contribution in [3.05, 3.63) is 0 Å². The fraction of sp³-hybridized carbons (Fsp3) is 1.00. The highest BCUT2D eigenvalue weighted by Gasteiger charge is 2.65. The van der Waals surface area contributed by atoms with E-state index in [4.69, 9.17) is 0 Å². The summed E-state index contributed by atoms with van der Waals surface area (Å²) in [7, 11) is 0. The highest BCUT2D eigenvalue weighted by atomic mass is 14.7. The minimum absolute atomic E-state index is 1.00. The van der Waals surface area contributed by atoms with Crippen LogP contribution in [0.2, 0.25) is 0 Å². The summed E-state index contributed by atoms with van der Waals surface area (Å²) in [6.07, 6.45) is 7.99. The van der Waals surface area contributed by atoms with Crippen molar-refractivity contribution in [3.8, 4) is 0 Å². The van der Waals surface area contributed by atoms with Crippen molar-refractivity contribution in [1.82, 2.24) is 0 Å². The molecule has 1 spiro atoms. The molecule has 0 heteroatoms. The molecule has 0 saturated heterocycles. The average Bonchev–Trinajstić information content (AvgIpc) is 2.36. The van der Waals surface area contributed by atoms with Gasteiger partial charge in [0.2, 0.25) is 0 Å². The summed E-state index contributed by atoms with van der Waals surface area (Å²) in [6, 6.07) is 0. The fourth-order valence-electron chi connectivity index (χ4n) is 3.16. The Kier molecular flexibility index (Phi) is 0.427. The molecule has 2 atom stereocenters. The maximum Gasteiger partial charge on any atom is -0.0240 e. The zero-order valence-corrected chi connectivity index (χ0v) is 5.19. The van der Waals surface area contributed by atoms with Crippen LogP contribution in [-0.4, -0.2) is 0 Å². The van der Waals surface area contributed by atoms with E-state index in [1.54, 1.807) is 32.1 Å². The van der Waals surface area contributed by atoms with Gasteiger partial charge in [-0.1, -0.05) is 0 Å². The second kappa shape index (κ2) is 0.872. The first-order valence-corrected chi connectivity index (χ1v) is 3.92. The Morgan fingerprint density at radius 2 is 1.62 bits per heavy atom. The van der Waals surface area contributed by atoms with E-state index in [9.17, 15) is 0 Å². The summed E-state index contributed by atoms with van der Waals surface area (Å²) >= 11 is 0. The minimum atomic E-state index is 1.00. The number of hydrogen-bond acceptors (Lipinski definition) is 0. The van der Waals surface area contributed by atoms with Gasteiger partial charge in [-0.3, -0.25) is 0 Å². The highest BCUT2D eigenvalue weighted by molar-refractivity contribution is 5.15. The Morgan fingerprint density at radius 3 is 1.88 bits per heavy atom. The summed E-state index contributed by atoms with van der Waals surface area (Å²) in [5, 5.41) is 0. The zero-order valence-electron chi connectivity index (χ0n) is 5.19. The topological polar surface area (TPSA) is 0 Å². The molecule has 0 radical (unpaired) electrons. The van der Waals surface area contributed by atoms with Gasteiger partial charge >= 0.3 is 0 Å². The van der Waals surface area contributed by atoms with Crippen LogP contribution in [0.1, 0.15) is 32.1 Å². The van der Waals surface area contributed by atoms with E-state index in [-0.39, 0.29) is 0 Å². The van der Waals surface area contributed by atoms with Crippen molar-refractivity contribution in [3.63, 3.8) is 0 Å². The fourth-order valence-corrected chi connectivity index (χ4v) is 3.16. The molecule has 4 rings (SSSR count). The van der Waals surface area contributed by atoms with Gasteiger partial charge in [-0.2, -0.15) is 0 Å². The summed E-state index contributed by atoms with van der Waals surface area (Å²) in [4.78, 5) is 0. The van der Waals surface area contributed by atoms with Crippen LogP contribution in [0.5, 0.6) is 0 Å².